The summed E-state index contributed by atoms with van der Waals surface area (Å²) in [7, 11) is 4.13. The fourth-order valence-corrected chi connectivity index (χ4v) is 4.84. The largest absolute Gasteiger partial charge is 0.305 e. The van der Waals surface area contributed by atoms with E-state index in [1.54, 1.807) is 16.9 Å². The summed E-state index contributed by atoms with van der Waals surface area (Å²) in [6.07, 6.45) is 3.57. The third kappa shape index (κ3) is 4.23. The van der Waals surface area contributed by atoms with E-state index in [2.05, 4.69) is 60.4 Å². The smallest absolute Gasteiger partial charge is 0.255 e. The molecule has 0 saturated carbocycles. The highest BCUT2D eigenvalue weighted by Gasteiger charge is 2.15. The Morgan fingerprint density at radius 2 is 1.62 bits per heavy atom. The summed E-state index contributed by atoms with van der Waals surface area (Å²) >= 11 is -0.828. The van der Waals surface area contributed by atoms with Crippen molar-refractivity contribution in [1.82, 2.24) is 14.5 Å². The summed E-state index contributed by atoms with van der Waals surface area (Å²) in [5, 5.41) is 1.82. The summed E-state index contributed by atoms with van der Waals surface area (Å²) < 4.78 is 11.6. The molecule has 2 heterocycles. The van der Waals surface area contributed by atoms with Crippen molar-refractivity contribution < 1.29 is 4.55 Å². The molecular formula is C28H26N3O2S+. The van der Waals surface area contributed by atoms with E-state index in [4.69, 9.17) is 0 Å². The minimum Gasteiger partial charge on any atom is -0.305 e. The third-order valence-corrected chi connectivity index (χ3v) is 6.89. The van der Waals surface area contributed by atoms with Gasteiger partial charge in [0.25, 0.3) is 5.56 Å². The van der Waals surface area contributed by atoms with E-state index in [1.807, 2.05) is 42.6 Å². The zero-order valence-corrected chi connectivity index (χ0v) is 20.2. The number of aromatic nitrogens is 2. The Hall–Kier alpha value is -3.45. The van der Waals surface area contributed by atoms with Gasteiger partial charge in [-0.25, -0.2) is 0 Å². The zero-order chi connectivity index (χ0) is 23.8. The van der Waals surface area contributed by atoms with E-state index in [0.717, 1.165) is 50.1 Å². The first kappa shape index (κ1) is 22.3. The van der Waals surface area contributed by atoms with Crippen molar-refractivity contribution in [2.24, 2.45) is 0 Å². The van der Waals surface area contributed by atoms with Crippen molar-refractivity contribution in [3.63, 3.8) is 0 Å². The van der Waals surface area contributed by atoms with Crippen LogP contribution in [-0.2, 0) is 17.7 Å². The van der Waals surface area contributed by atoms with E-state index in [0.29, 0.717) is 0 Å². The lowest BCUT2D eigenvalue weighted by molar-refractivity contribution is 0.402. The molecule has 1 unspecified atom stereocenters. The Kier molecular flexibility index (Phi) is 5.96. The summed E-state index contributed by atoms with van der Waals surface area (Å²) in [5.41, 5.74) is 5.77. The van der Waals surface area contributed by atoms with Gasteiger partial charge < -0.3 is 4.90 Å². The van der Waals surface area contributed by atoms with Crippen molar-refractivity contribution in [3.05, 3.63) is 101 Å². The molecule has 5 aromatic rings. The Labute approximate surface area is 201 Å². The number of rotatable bonds is 5. The second kappa shape index (κ2) is 9.06. The Balaban J connectivity index is 1.70. The van der Waals surface area contributed by atoms with Crippen LogP contribution in [0.15, 0.2) is 94.7 Å². The molecule has 1 atom stereocenters. The van der Waals surface area contributed by atoms with Crippen molar-refractivity contribution in [1.29, 1.82) is 0 Å². The van der Waals surface area contributed by atoms with E-state index in [-0.39, 0.29) is 5.56 Å². The zero-order valence-electron chi connectivity index (χ0n) is 19.4. The van der Waals surface area contributed by atoms with Crippen molar-refractivity contribution in [3.8, 4) is 16.8 Å². The summed E-state index contributed by atoms with van der Waals surface area (Å²) in [6, 6.07) is 25.7. The fourth-order valence-electron chi connectivity index (χ4n) is 4.31. The predicted octanol–water partition coefficient (Wildman–Crippen LogP) is 5.35. The average Bonchev–Trinajstić information content (AvgIpc) is 2.84. The molecule has 0 aliphatic rings. The molecule has 5 rings (SSSR count). The van der Waals surface area contributed by atoms with Crippen LogP contribution in [0.3, 0.4) is 0 Å². The summed E-state index contributed by atoms with van der Waals surface area (Å²) in [5.74, 6) is 0. The molecule has 0 amide bonds. The molecule has 0 radical (unpaired) electrons. The maximum Gasteiger partial charge on any atom is 0.255 e. The highest BCUT2D eigenvalue weighted by Crippen LogP contribution is 2.30. The number of nitrogens with zero attached hydrogens (tertiary/aromatic N) is 3. The van der Waals surface area contributed by atoms with Gasteiger partial charge in [0.2, 0.25) is 0 Å². The minimum absolute atomic E-state index is 0.106. The average molecular weight is 469 g/mol. The van der Waals surface area contributed by atoms with E-state index < -0.39 is 11.2 Å². The van der Waals surface area contributed by atoms with Crippen LogP contribution in [0.1, 0.15) is 5.56 Å². The molecule has 34 heavy (non-hydrogen) atoms. The van der Waals surface area contributed by atoms with Crippen LogP contribution in [0.4, 0.5) is 0 Å². The number of hydrogen-bond donors (Lipinski definition) is 1. The van der Waals surface area contributed by atoms with Crippen LogP contribution < -0.4 is 5.56 Å². The van der Waals surface area contributed by atoms with Crippen LogP contribution in [0.2, 0.25) is 0 Å². The lowest BCUT2D eigenvalue weighted by Crippen LogP contribution is -2.17. The van der Waals surface area contributed by atoms with E-state index in [9.17, 15) is 9.35 Å². The first-order valence-electron chi connectivity index (χ1n) is 11.0. The predicted molar refractivity (Wildman–Crippen MR) is 142 cm³/mol. The van der Waals surface area contributed by atoms with Gasteiger partial charge >= 0.3 is 0 Å². The maximum absolute atomic E-state index is 13.1. The Bertz CT molecular complexity index is 1540. The number of fused-ring (bicyclic) bond motifs is 3. The third-order valence-electron chi connectivity index (χ3n) is 5.94. The second-order valence-corrected chi connectivity index (χ2v) is 10.1. The van der Waals surface area contributed by atoms with Crippen LogP contribution in [0, 0.1) is 0 Å². The van der Waals surface area contributed by atoms with Crippen molar-refractivity contribution >= 4 is 33.0 Å². The van der Waals surface area contributed by atoms with Crippen molar-refractivity contribution in [2.45, 2.75) is 11.4 Å². The molecular weight excluding hydrogens is 442 g/mol. The number of pyridine rings is 2. The highest BCUT2D eigenvalue weighted by molar-refractivity contribution is 7.90. The van der Waals surface area contributed by atoms with Gasteiger partial charge in [0, 0.05) is 35.3 Å². The van der Waals surface area contributed by atoms with Gasteiger partial charge in [0.05, 0.1) is 11.0 Å². The monoisotopic (exact) mass is 468 g/mol. The second-order valence-electron chi connectivity index (χ2n) is 8.71. The van der Waals surface area contributed by atoms with Crippen LogP contribution in [0.5, 0.6) is 0 Å². The number of benzene rings is 3. The molecule has 1 N–H and O–H groups in total. The molecule has 0 aliphatic heterocycles. The minimum atomic E-state index is -0.828. The maximum atomic E-state index is 13.1. The van der Waals surface area contributed by atoms with Gasteiger partial charge in [-0.3, -0.25) is 14.3 Å². The Morgan fingerprint density at radius 1 is 0.912 bits per heavy atom. The van der Waals surface area contributed by atoms with Gasteiger partial charge in [-0.1, -0.05) is 30.3 Å². The van der Waals surface area contributed by atoms with Crippen molar-refractivity contribution in [2.75, 3.05) is 20.4 Å². The van der Waals surface area contributed by atoms with Gasteiger partial charge in [0.1, 0.15) is 6.26 Å². The standard InChI is InChI=1S/C28H26N3O2S/c1-30(2)18-19-4-6-20(7-5-19)21-8-14-26-25(16-21)28-22(17-29-26)9-15-27(32)31(28)23-10-12-24(13-11-23)34(3)33/h4-17,33H,18H2,1-3H3/q+1. The van der Waals surface area contributed by atoms with Crippen LogP contribution >= 0.6 is 0 Å². The lowest BCUT2D eigenvalue weighted by Gasteiger charge is -2.14. The van der Waals surface area contributed by atoms with Gasteiger partial charge in [0.15, 0.2) is 16.1 Å². The van der Waals surface area contributed by atoms with E-state index >= 15 is 0 Å². The van der Waals surface area contributed by atoms with Gasteiger partial charge in [-0.05, 0) is 73.3 Å². The number of hydrogen-bond acceptors (Lipinski definition) is 4. The Morgan fingerprint density at radius 3 is 2.29 bits per heavy atom. The first-order chi connectivity index (χ1) is 16.4. The highest BCUT2D eigenvalue weighted by atomic mass is 32.2. The molecule has 0 saturated heterocycles. The lowest BCUT2D eigenvalue weighted by atomic mass is 10.0. The van der Waals surface area contributed by atoms with Crippen LogP contribution in [-0.4, -0.2) is 39.4 Å². The van der Waals surface area contributed by atoms with Gasteiger partial charge in [-0.2, -0.15) is 4.55 Å². The SMILES string of the molecule is CN(C)Cc1ccc(-c2ccc3ncc4ccc(=O)n(-c5ccc([S+](C)O)cc5)c4c3c2)cc1. The molecule has 0 spiro atoms. The molecule has 2 aromatic heterocycles. The normalized spacial score (nSPS) is 12.5. The molecule has 170 valence electrons. The molecule has 0 fully saturated rings. The molecule has 0 bridgehead atoms. The first-order valence-corrected chi connectivity index (χ1v) is 12.6. The summed E-state index contributed by atoms with van der Waals surface area (Å²) in [4.78, 5) is 20.7. The molecule has 6 heteroatoms. The van der Waals surface area contributed by atoms with E-state index in [1.165, 1.54) is 5.56 Å². The molecule has 3 aromatic carbocycles. The quantitative estimate of drug-likeness (QED) is 0.279. The topological polar surface area (TPSA) is 58.4 Å². The fraction of sp³-hybridized carbons (Fsp3) is 0.143. The summed E-state index contributed by atoms with van der Waals surface area (Å²) in [6.45, 7) is 0.896. The molecule has 5 nitrogen and oxygen atoms in total. The molecule has 0 aliphatic carbocycles. The van der Waals surface area contributed by atoms with Gasteiger partial charge in [-0.15, -0.1) is 0 Å². The van der Waals surface area contributed by atoms with Crippen LogP contribution in [0.25, 0.3) is 38.6 Å².